The number of aliphatic hydroxyl groups is 1. The number of aromatic nitrogens is 1. The summed E-state index contributed by atoms with van der Waals surface area (Å²) in [7, 11) is 0. The predicted molar refractivity (Wildman–Crippen MR) is 93.6 cm³/mol. The highest BCUT2D eigenvalue weighted by Crippen LogP contribution is 2.23. The molecule has 1 aromatic carbocycles. The van der Waals surface area contributed by atoms with Crippen molar-refractivity contribution in [3.05, 3.63) is 36.0 Å². The zero-order chi connectivity index (χ0) is 16.9. The minimum absolute atomic E-state index is 0.102. The molecule has 2 aromatic rings. The van der Waals surface area contributed by atoms with Gasteiger partial charge in [-0.2, -0.15) is 0 Å². The molecule has 0 aliphatic carbocycles. The van der Waals surface area contributed by atoms with Crippen LogP contribution in [-0.4, -0.2) is 29.3 Å². The number of benzene rings is 1. The molecular formula is C18H25N3O2. The van der Waals surface area contributed by atoms with Crippen molar-refractivity contribution in [2.24, 2.45) is 5.41 Å². The lowest BCUT2D eigenvalue weighted by molar-refractivity contribution is 0.148. The number of carbonyl (C=O) groups excluding carboxylic acids is 1. The van der Waals surface area contributed by atoms with E-state index in [9.17, 15) is 9.90 Å². The first-order valence-corrected chi connectivity index (χ1v) is 7.92. The zero-order valence-corrected chi connectivity index (χ0v) is 14.0. The number of fused-ring (bicyclic) bond motifs is 1. The molecule has 1 heterocycles. The minimum Gasteiger partial charge on any atom is -0.396 e. The Kier molecular flexibility index (Phi) is 5.55. The van der Waals surface area contributed by atoms with Crippen molar-refractivity contribution >= 4 is 22.6 Å². The molecule has 0 atom stereocenters. The van der Waals surface area contributed by atoms with Crippen LogP contribution in [0.3, 0.4) is 0 Å². The van der Waals surface area contributed by atoms with Gasteiger partial charge < -0.3 is 15.7 Å². The Balaban J connectivity index is 1.93. The Bertz CT molecular complexity index is 683. The fourth-order valence-electron chi connectivity index (χ4n) is 2.45. The normalized spacial score (nSPS) is 11.5. The molecule has 5 nitrogen and oxygen atoms in total. The lowest BCUT2D eigenvalue weighted by Crippen LogP contribution is -2.30. The SMILES string of the molecule is Cc1cc(NC(=O)NCCCC(C)(C)CO)c2ncccc2c1. The molecular weight excluding hydrogens is 290 g/mol. The second kappa shape index (κ2) is 7.42. The molecule has 0 radical (unpaired) electrons. The number of nitrogens with zero attached hydrogens (tertiary/aromatic N) is 1. The van der Waals surface area contributed by atoms with Crippen molar-refractivity contribution < 1.29 is 9.90 Å². The molecule has 0 saturated heterocycles. The number of anilines is 1. The molecule has 1 aromatic heterocycles. The van der Waals surface area contributed by atoms with Gasteiger partial charge in [-0.1, -0.05) is 19.9 Å². The van der Waals surface area contributed by atoms with Crippen LogP contribution in [0.5, 0.6) is 0 Å². The molecule has 0 spiro atoms. The monoisotopic (exact) mass is 315 g/mol. The van der Waals surface area contributed by atoms with Crippen LogP contribution in [0.25, 0.3) is 10.9 Å². The van der Waals surface area contributed by atoms with Gasteiger partial charge in [0.2, 0.25) is 0 Å². The Morgan fingerprint density at radius 3 is 2.87 bits per heavy atom. The summed E-state index contributed by atoms with van der Waals surface area (Å²) in [5.41, 5.74) is 2.48. The Hall–Kier alpha value is -2.14. The van der Waals surface area contributed by atoms with Gasteiger partial charge in [0, 0.05) is 24.7 Å². The van der Waals surface area contributed by atoms with E-state index < -0.39 is 0 Å². The van der Waals surface area contributed by atoms with Gasteiger partial charge in [-0.05, 0) is 48.9 Å². The summed E-state index contributed by atoms with van der Waals surface area (Å²) in [4.78, 5) is 16.4. The predicted octanol–water partition coefficient (Wildman–Crippen LogP) is 3.46. The molecule has 0 bridgehead atoms. The highest BCUT2D eigenvalue weighted by molar-refractivity contribution is 5.99. The van der Waals surface area contributed by atoms with Crippen molar-refractivity contribution in [3.63, 3.8) is 0 Å². The first kappa shape index (κ1) is 17.2. The molecule has 3 N–H and O–H groups in total. The summed E-state index contributed by atoms with van der Waals surface area (Å²) in [6, 6.07) is 7.60. The number of nitrogens with one attached hydrogen (secondary N) is 2. The van der Waals surface area contributed by atoms with E-state index in [0.29, 0.717) is 12.2 Å². The number of rotatable bonds is 6. The Labute approximate surface area is 137 Å². The van der Waals surface area contributed by atoms with Gasteiger partial charge in [-0.15, -0.1) is 0 Å². The van der Waals surface area contributed by atoms with E-state index in [4.69, 9.17) is 0 Å². The van der Waals surface area contributed by atoms with Crippen LogP contribution in [-0.2, 0) is 0 Å². The van der Waals surface area contributed by atoms with Crippen molar-refractivity contribution in [1.82, 2.24) is 10.3 Å². The second-order valence-corrected chi connectivity index (χ2v) is 6.69. The third-order valence-corrected chi connectivity index (χ3v) is 3.84. The maximum atomic E-state index is 12.1. The van der Waals surface area contributed by atoms with Gasteiger partial charge in [-0.3, -0.25) is 4.98 Å². The molecule has 2 amide bonds. The van der Waals surface area contributed by atoms with E-state index in [1.165, 1.54) is 0 Å². The quantitative estimate of drug-likeness (QED) is 0.715. The summed E-state index contributed by atoms with van der Waals surface area (Å²) in [6.45, 7) is 6.74. The maximum Gasteiger partial charge on any atom is 0.319 e. The number of amides is 2. The Morgan fingerprint density at radius 1 is 1.35 bits per heavy atom. The zero-order valence-electron chi connectivity index (χ0n) is 14.0. The summed E-state index contributed by atoms with van der Waals surface area (Å²) in [6.07, 6.45) is 3.41. The van der Waals surface area contributed by atoms with Gasteiger partial charge in [0.1, 0.15) is 0 Å². The molecule has 5 heteroatoms. The van der Waals surface area contributed by atoms with E-state index in [1.807, 2.05) is 45.0 Å². The number of urea groups is 1. The molecule has 0 aliphatic heterocycles. The smallest absolute Gasteiger partial charge is 0.319 e. The lowest BCUT2D eigenvalue weighted by atomic mass is 9.89. The summed E-state index contributed by atoms with van der Waals surface area (Å²) >= 11 is 0. The number of pyridine rings is 1. The molecule has 124 valence electrons. The second-order valence-electron chi connectivity index (χ2n) is 6.69. The van der Waals surface area contributed by atoms with E-state index in [-0.39, 0.29) is 18.1 Å². The van der Waals surface area contributed by atoms with Crippen LogP contribution in [0.15, 0.2) is 30.5 Å². The summed E-state index contributed by atoms with van der Waals surface area (Å²) < 4.78 is 0. The van der Waals surface area contributed by atoms with Crippen LogP contribution >= 0.6 is 0 Å². The standard InChI is InChI=1S/C18H25N3O2/c1-13-10-14-6-4-8-19-16(14)15(11-13)21-17(23)20-9-5-7-18(2,3)12-22/h4,6,8,10-11,22H,5,7,9,12H2,1-3H3,(H2,20,21,23). The van der Waals surface area contributed by atoms with Gasteiger partial charge >= 0.3 is 6.03 Å². The van der Waals surface area contributed by atoms with Crippen molar-refractivity contribution in [2.75, 3.05) is 18.5 Å². The van der Waals surface area contributed by atoms with E-state index in [1.54, 1.807) is 6.20 Å². The number of aryl methyl sites for hydroxylation is 1. The van der Waals surface area contributed by atoms with E-state index >= 15 is 0 Å². The molecule has 0 aliphatic rings. The number of hydrogen-bond acceptors (Lipinski definition) is 3. The average molecular weight is 315 g/mol. The topological polar surface area (TPSA) is 74.2 Å². The summed E-state index contributed by atoms with van der Waals surface area (Å²) in [5, 5.41) is 16.0. The molecule has 2 rings (SSSR count). The maximum absolute atomic E-state index is 12.1. The van der Waals surface area contributed by atoms with Gasteiger partial charge in [-0.25, -0.2) is 4.79 Å². The minimum atomic E-state index is -0.232. The molecule has 0 saturated carbocycles. The highest BCUT2D eigenvalue weighted by atomic mass is 16.3. The molecule has 0 fully saturated rings. The van der Waals surface area contributed by atoms with Crippen LogP contribution < -0.4 is 10.6 Å². The van der Waals surface area contributed by atoms with E-state index in [2.05, 4.69) is 15.6 Å². The van der Waals surface area contributed by atoms with Crippen LogP contribution in [0.2, 0.25) is 0 Å². The van der Waals surface area contributed by atoms with Crippen molar-refractivity contribution in [3.8, 4) is 0 Å². The van der Waals surface area contributed by atoms with Crippen LogP contribution in [0, 0.1) is 12.3 Å². The highest BCUT2D eigenvalue weighted by Gasteiger charge is 2.15. The molecule has 0 unspecified atom stereocenters. The first-order valence-electron chi connectivity index (χ1n) is 7.92. The third kappa shape index (κ3) is 4.93. The van der Waals surface area contributed by atoms with Crippen LogP contribution in [0.1, 0.15) is 32.3 Å². The number of hydrogen-bond donors (Lipinski definition) is 3. The van der Waals surface area contributed by atoms with Gasteiger partial charge in [0.05, 0.1) is 11.2 Å². The van der Waals surface area contributed by atoms with Crippen molar-refractivity contribution in [1.29, 1.82) is 0 Å². The van der Waals surface area contributed by atoms with Crippen LogP contribution in [0.4, 0.5) is 10.5 Å². The van der Waals surface area contributed by atoms with E-state index in [0.717, 1.165) is 29.3 Å². The van der Waals surface area contributed by atoms with Gasteiger partial charge in [0.25, 0.3) is 0 Å². The number of carbonyl (C=O) groups is 1. The summed E-state index contributed by atoms with van der Waals surface area (Å²) in [5.74, 6) is 0. The van der Waals surface area contributed by atoms with Gasteiger partial charge in [0.15, 0.2) is 0 Å². The number of aliphatic hydroxyl groups excluding tert-OH is 1. The largest absolute Gasteiger partial charge is 0.396 e. The Morgan fingerprint density at radius 2 is 2.13 bits per heavy atom. The fourth-order valence-corrected chi connectivity index (χ4v) is 2.45. The van der Waals surface area contributed by atoms with Crippen molar-refractivity contribution in [2.45, 2.75) is 33.6 Å². The lowest BCUT2D eigenvalue weighted by Gasteiger charge is -2.21. The third-order valence-electron chi connectivity index (χ3n) is 3.84. The average Bonchev–Trinajstić information content (AvgIpc) is 2.51. The fraction of sp³-hybridized carbons (Fsp3) is 0.444. The molecule has 23 heavy (non-hydrogen) atoms. The first-order chi connectivity index (χ1) is 10.9.